The molecule has 2 aromatic heterocycles. The van der Waals surface area contributed by atoms with Crippen LogP contribution in [-0.4, -0.2) is 76.2 Å². The smallest absolute Gasteiger partial charge is 0.234 e. The third-order valence-corrected chi connectivity index (χ3v) is 12.1. The first-order valence-electron chi connectivity index (χ1n) is 20.5. The molecule has 1 unspecified atom stereocenters. The molecule has 0 spiro atoms. The molecule has 3 aliphatic rings. The molecule has 3 fully saturated rings. The third kappa shape index (κ3) is 8.51. The number of nitrogens with one attached hydrogen (secondary N) is 4. The van der Waals surface area contributed by atoms with Gasteiger partial charge in [-0.15, -0.1) is 0 Å². The number of nitrogens with zero attached hydrogens (tertiary/aromatic N) is 6. The molecule has 2 saturated carbocycles. The Hall–Kier alpha value is -5.28. The number of rotatable bonds is 15. The van der Waals surface area contributed by atoms with E-state index in [9.17, 15) is 13.9 Å². The lowest BCUT2D eigenvalue weighted by Gasteiger charge is -2.40. The summed E-state index contributed by atoms with van der Waals surface area (Å²) in [5.41, 5.74) is 4.02. The van der Waals surface area contributed by atoms with Crippen LogP contribution in [-0.2, 0) is 4.74 Å². The topological polar surface area (TPSA) is 136 Å². The van der Waals surface area contributed by atoms with Crippen molar-refractivity contribution >= 4 is 91.3 Å². The van der Waals surface area contributed by atoms with Gasteiger partial charge in [0.2, 0.25) is 11.9 Å². The highest BCUT2D eigenvalue weighted by Gasteiger charge is 2.34. The minimum absolute atomic E-state index is 0.0121. The lowest BCUT2D eigenvalue weighted by Crippen LogP contribution is -2.50. The minimum atomic E-state index is -0.674. The van der Waals surface area contributed by atoms with Crippen LogP contribution in [0, 0.1) is 23.5 Å². The van der Waals surface area contributed by atoms with Crippen molar-refractivity contribution in [3.8, 4) is 0 Å². The van der Waals surface area contributed by atoms with Gasteiger partial charge in [-0.3, -0.25) is 4.90 Å². The highest BCUT2D eigenvalue weighted by molar-refractivity contribution is 6.31. The Morgan fingerprint density at radius 1 is 0.817 bits per heavy atom. The number of halogens is 4. The quantitative estimate of drug-likeness (QED) is 0.0673. The number of aromatic nitrogens is 4. The Bertz CT molecular complexity index is 2540. The van der Waals surface area contributed by atoms with Crippen LogP contribution < -0.4 is 31.1 Å². The van der Waals surface area contributed by atoms with Gasteiger partial charge in [-0.05, 0) is 112 Å². The van der Waals surface area contributed by atoms with Gasteiger partial charge in [0.15, 0.2) is 6.23 Å². The van der Waals surface area contributed by atoms with Crippen LogP contribution in [0.3, 0.4) is 0 Å². The molecule has 16 heteroatoms. The van der Waals surface area contributed by atoms with Crippen LogP contribution >= 0.6 is 23.2 Å². The summed E-state index contributed by atoms with van der Waals surface area (Å²) >= 11 is 12.6. The Balaban J connectivity index is 1.13. The second kappa shape index (κ2) is 17.0. The average molecular weight is 856 g/mol. The molecule has 1 saturated heterocycles. The van der Waals surface area contributed by atoms with E-state index in [1.165, 1.54) is 18.2 Å². The minimum Gasteiger partial charge on any atom is -0.395 e. The average Bonchev–Trinajstić information content (AvgIpc) is 4.17. The number of ether oxygens (including phenoxy) is 1. The van der Waals surface area contributed by atoms with E-state index in [-0.39, 0.29) is 28.7 Å². The number of aliphatic hydroxyl groups is 1. The van der Waals surface area contributed by atoms with Gasteiger partial charge in [-0.25, -0.2) is 18.7 Å². The molecule has 60 heavy (non-hydrogen) atoms. The first-order valence-corrected chi connectivity index (χ1v) is 21.2. The number of morpholine rings is 1. The zero-order chi connectivity index (χ0) is 41.5. The number of hydrogen-bond acceptors (Lipinski definition) is 12. The van der Waals surface area contributed by atoms with Crippen LogP contribution in [0.25, 0.3) is 21.8 Å². The van der Waals surface area contributed by atoms with Gasteiger partial charge in [0.05, 0.1) is 41.2 Å². The van der Waals surface area contributed by atoms with E-state index in [2.05, 4.69) is 40.0 Å². The molecule has 6 aromatic rings. The fraction of sp³-hybridized carbons (Fsp3) is 0.364. The van der Waals surface area contributed by atoms with Crippen LogP contribution in [0.1, 0.15) is 39.5 Å². The molecule has 12 nitrogen and oxygen atoms in total. The second-order valence-electron chi connectivity index (χ2n) is 15.8. The zero-order valence-corrected chi connectivity index (χ0v) is 34.7. The van der Waals surface area contributed by atoms with Gasteiger partial charge in [0.25, 0.3) is 0 Å². The molecule has 1 aliphatic heterocycles. The summed E-state index contributed by atoms with van der Waals surface area (Å²) in [6.45, 7) is 5.81. The van der Waals surface area contributed by atoms with Crippen LogP contribution in [0.4, 0.5) is 55.1 Å². The number of aliphatic hydroxyl groups excluding tert-OH is 1. The first kappa shape index (κ1) is 40.1. The summed E-state index contributed by atoms with van der Waals surface area (Å²) in [5.74, 6) is 2.02. The highest BCUT2D eigenvalue weighted by Crippen LogP contribution is 2.40. The predicted molar refractivity (Wildman–Crippen MR) is 236 cm³/mol. The van der Waals surface area contributed by atoms with Crippen molar-refractivity contribution in [2.45, 2.75) is 57.8 Å². The first-order chi connectivity index (χ1) is 29.1. The fourth-order valence-corrected chi connectivity index (χ4v) is 8.22. The third-order valence-electron chi connectivity index (χ3n) is 11.5. The summed E-state index contributed by atoms with van der Waals surface area (Å²) in [4.78, 5) is 24.4. The van der Waals surface area contributed by atoms with E-state index in [1.54, 1.807) is 18.2 Å². The van der Waals surface area contributed by atoms with Crippen molar-refractivity contribution in [3.05, 3.63) is 94.5 Å². The summed E-state index contributed by atoms with van der Waals surface area (Å²) in [7, 11) is 0. The van der Waals surface area contributed by atoms with Gasteiger partial charge in [0, 0.05) is 47.3 Å². The molecule has 0 radical (unpaired) electrons. The number of hydrogen-bond donors (Lipinski definition) is 5. The summed E-state index contributed by atoms with van der Waals surface area (Å²) < 4.78 is 35.5. The zero-order valence-electron chi connectivity index (χ0n) is 33.2. The molecule has 2 aliphatic carbocycles. The number of fused-ring (bicyclic) bond motifs is 2. The molecule has 0 amide bonds. The fourth-order valence-electron chi connectivity index (χ4n) is 7.86. The van der Waals surface area contributed by atoms with Gasteiger partial charge in [-0.2, -0.15) is 9.97 Å². The van der Waals surface area contributed by atoms with E-state index in [1.807, 2.05) is 41.3 Å². The van der Waals surface area contributed by atoms with Crippen molar-refractivity contribution < 1.29 is 18.6 Å². The number of benzene rings is 4. The van der Waals surface area contributed by atoms with Crippen molar-refractivity contribution in [1.82, 2.24) is 19.9 Å². The monoisotopic (exact) mass is 854 g/mol. The van der Waals surface area contributed by atoms with Gasteiger partial charge < -0.3 is 36.0 Å². The molecule has 5 N–H and O–H groups in total. The number of para-hydroxylation sites is 2. The molecule has 3 heterocycles. The lowest BCUT2D eigenvalue weighted by molar-refractivity contribution is 0.0444. The van der Waals surface area contributed by atoms with Gasteiger partial charge in [-0.1, -0.05) is 35.3 Å². The van der Waals surface area contributed by atoms with Crippen molar-refractivity contribution in [2.24, 2.45) is 11.8 Å². The normalized spacial score (nSPS) is 17.7. The van der Waals surface area contributed by atoms with Gasteiger partial charge in [0.1, 0.15) is 34.3 Å². The Kier molecular flexibility index (Phi) is 11.4. The maximum Gasteiger partial charge on any atom is 0.234 e. The molecular formula is C44H46Cl2F2N10O2. The second-order valence-corrected chi connectivity index (χ2v) is 16.6. The highest BCUT2D eigenvalue weighted by atomic mass is 35.5. The van der Waals surface area contributed by atoms with Crippen molar-refractivity contribution in [3.63, 3.8) is 0 Å². The van der Waals surface area contributed by atoms with Crippen LogP contribution in [0.5, 0.6) is 0 Å². The van der Waals surface area contributed by atoms with Crippen LogP contribution in [0.15, 0.2) is 72.8 Å². The molecule has 3 atom stereocenters. The maximum absolute atomic E-state index is 14.8. The predicted octanol–water partition coefficient (Wildman–Crippen LogP) is 9.73. The van der Waals surface area contributed by atoms with E-state index in [4.69, 9.17) is 47.9 Å². The van der Waals surface area contributed by atoms with E-state index < -0.39 is 17.9 Å². The Morgan fingerprint density at radius 3 is 2.17 bits per heavy atom. The van der Waals surface area contributed by atoms with E-state index in [0.717, 1.165) is 47.8 Å². The maximum atomic E-state index is 14.8. The molecule has 312 valence electrons. The SMILES string of the molecule is C[C@@H](Nc1nc(N(c2ccc(F)c(Cl)c2)C2CN(c3cccc4c(N[C@H](C)C5CC5)nc(Nc5ccc(F)c(Cl)c5)nc34)CCO2)nc2c(NCCO)cccc12)C1CC1. The molecule has 0 bridgehead atoms. The molecule has 4 aromatic carbocycles. The largest absolute Gasteiger partial charge is 0.395 e. The van der Waals surface area contributed by atoms with Gasteiger partial charge >= 0.3 is 0 Å². The summed E-state index contributed by atoms with van der Waals surface area (Å²) in [5, 5.41) is 25.2. The van der Waals surface area contributed by atoms with E-state index in [0.29, 0.717) is 84.0 Å². The molecular weight excluding hydrogens is 809 g/mol. The Morgan fingerprint density at radius 2 is 1.48 bits per heavy atom. The van der Waals surface area contributed by atoms with Crippen molar-refractivity contribution in [1.29, 1.82) is 0 Å². The molecule has 9 rings (SSSR count). The summed E-state index contributed by atoms with van der Waals surface area (Å²) in [6.07, 6.45) is 3.93. The Labute approximate surface area is 356 Å². The lowest BCUT2D eigenvalue weighted by atomic mass is 10.1. The van der Waals surface area contributed by atoms with E-state index >= 15 is 0 Å². The van der Waals surface area contributed by atoms with Crippen molar-refractivity contribution in [2.75, 3.05) is 63.9 Å². The standard InChI is InChI=1S/C44H46Cl2F2N10O2/c1-24(26-9-10-26)50-41-31-6-4-8-37(40(31)53-43(55-41)52-28-13-15-34(47)32(45)21-28)57-18-20-60-38(23-57)58(29-14-16-35(48)33(46)22-29)44-54-39-30(5-3-7-36(39)49-17-19-59)42(56-44)51-25(2)27-11-12-27/h3-8,13-16,21-22,24-27,38,49,59H,9-12,17-20,23H2,1-2H3,(H,51,54,56)(H2,50,52,53,55)/t24-,25-,38?/m1/s1. The number of anilines is 8. The van der Waals surface area contributed by atoms with Crippen LogP contribution in [0.2, 0.25) is 10.0 Å². The summed E-state index contributed by atoms with van der Waals surface area (Å²) in [6, 6.07) is 21.2.